The molecule has 130 valence electrons. The van der Waals surface area contributed by atoms with E-state index in [2.05, 4.69) is 5.32 Å². The first-order valence-corrected chi connectivity index (χ1v) is 9.18. The molecule has 0 spiro atoms. The van der Waals surface area contributed by atoms with Gasteiger partial charge in [-0.1, -0.05) is 18.2 Å². The molecule has 0 aromatic heterocycles. The molecule has 0 radical (unpaired) electrons. The number of anilines is 2. The molecule has 6 heteroatoms. The molecule has 1 atom stereocenters. The first-order valence-electron chi connectivity index (χ1n) is 8.13. The minimum atomic E-state index is -0.173. The maximum atomic E-state index is 12.5. The second-order valence-electron chi connectivity index (χ2n) is 5.62. The lowest BCUT2D eigenvalue weighted by Crippen LogP contribution is -2.28. The van der Waals surface area contributed by atoms with Crippen LogP contribution >= 0.6 is 11.8 Å². The van der Waals surface area contributed by atoms with Crippen LogP contribution in [0.15, 0.2) is 48.5 Å². The Hall–Kier alpha value is -2.47. The number of ether oxygens (including phenoxy) is 1. The van der Waals surface area contributed by atoms with E-state index in [-0.39, 0.29) is 17.2 Å². The van der Waals surface area contributed by atoms with E-state index in [1.54, 1.807) is 16.7 Å². The van der Waals surface area contributed by atoms with Gasteiger partial charge in [0.1, 0.15) is 11.1 Å². The largest absolute Gasteiger partial charge is 0.494 e. The number of carbonyl (C=O) groups excluding carboxylic acids is 2. The van der Waals surface area contributed by atoms with E-state index >= 15 is 0 Å². The van der Waals surface area contributed by atoms with Crippen molar-refractivity contribution >= 4 is 35.0 Å². The molecule has 5 nitrogen and oxygen atoms in total. The highest BCUT2D eigenvalue weighted by Gasteiger charge is 2.35. The van der Waals surface area contributed by atoms with Crippen LogP contribution in [0.25, 0.3) is 0 Å². The van der Waals surface area contributed by atoms with Gasteiger partial charge in [-0.05, 0) is 37.3 Å². The zero-order chi connectivity index (χ0) is 17.8. The number of benzene rings is 2. The summed E-state index contributed by atoms with van der Waals surface area (Å²) in [4.78, 5) is 25.8. The van der Waals surface area contributed by atoms with E-state index in [9.17, 15) is 9.59 Å². The number of thioether (sulfide) groups is 1. The van der Waals surface area contributed by atoms with Crippen LogP contribution < -0.4 is 15.0 Å². The van der Waals surface area contributed by atoms with Crippen molar-refractivity contribution in [1.29, 1.82) is 0 Å². The number of nitrogens with one attached hydrogen (secondary N) is 1. The summed E-state index contributed by atoms with van der Waals surface area (Å²) in [5.41, 5.74) is 2.47. The van der Waals surface area contributed by atoms with Crippen LogP contribution in [0.3, 0.4) is 0 Å². The van der Waals surface area contributed by atoms with E-state index < -0.39 is 0 Å². The number of hydrogen-bond donors (Lipinski definition) is 1. The first kappa shape index (κ1) is 17.4. The number of para-hydroxylation sites is 1. The Labute approximate surface area is 151 Å². The lowest BCUT2D eigenvalue weighted by Gasteiger charge is -2.26. The van der Waals surface area contributed by atoms with Gasteiger partial charge in [0.25, 0.3) is 0 Å². The van der Waals surface area contributed by atoms with E-state index in [1.165, 1.54) is 6.92 Å². The lowest BCUT2D eigenvalue weighted by molar-refractivity contribution is -0.116. The molecule has 0 bridgehead atoms. The van der Waals surface area contributed by atoms with Crippen molar-refractivity contribution in [3.63, 3.8) is 0 Å². The molecular formula is C19H20N2O3S. The average molecular weight is 356 g/mol. The van der Waals surface area contributed by atoms with E-state index in [0.717, 1.165) is 22.7 Å². The normalized spacial score (nSPS) is 16.8. The van der Waals surface area contributed by atoms with Crippen molar-refractivity contribution in [3.8, 4) is 5.75 Å². The van der Waals surface area contributed by atoms with Crippen LogP contribution in [0.5, 0.6) is 5.75 Å². The van der Waals surface area contributed by atoms with Crippen LogP contribution in [-0.2, 0) is 9.59 Å². The van der Waals surface area contributed by atoms with Gasteiger partial charge in [-0.2, -0.15) is 0 Å². The zero-order valence-corrected chi connectivity index (χ0v) is 15.0. The Bertz CT molecular complexity index is 776. The highest BCUT2D eigenvalue weighted by atomic mass is 32.2. The third kappa shape index (κ3) is 3.79. The molecule has 25 heavy (non-hydrogen) atoms. The van der Waals surface area contributed by atoms with Crippen molar-refractivity contribution in [3.05, 3.63) is 54.1 Å². The fourth-order valence-corrected chi connectivity index (χ4v) is 4.03. The highest BCUT2D eigenvalue weighted by molar-refractivity contribution is 8.00. The molecule has 1 saturated heterocycles. The van der Waals surface area contributed by atoms with E-state index in [0.29, 0.717) is 12.4 Å². The van der Waals surface area contributed by atoms with Crippen LogP contribution in [0, 0.1) is 0 Å². The fraction of sp³-hybridized carbons (Fsp3) is 0.263. The second-order valence-corrected chi connectivity index (χ2v) is 6.69. The van der Waals surface area contributed by atoms with E-state index in [1.807, 2.05) is 55.5 Å². The number of hydrogen-bond acceptors (Lipinski definition) is 4. The van der Waals surface area contributed by atoms with Gasteiger partial charge in [-0.25, -0.2) is 0 Å². The van der Waals surface area contributed by atoms with Crippen LogP contribution in [0.1, 0.15) is 24.8 Å². The second kappa shape index (κ2) is 7.61. The summed E-state index contributed by atoms with van der Waals surface area (Å²) < 4.78 is 5.47. The van der Waals surface area contributed by atoms with Gasteiger partial charge in [-0.15, -0.1) is 11.8 Å². The Kier molecular flexibility index (Phi) is 5.28. The molecule has 1 heterocycles. The summed E-state index contributed by atoms with van der Waals surface area (Å²) in [6.07, 6.45) is 0. The van der Waals surface area contributed by atoms with E-state index in [4.69, 9.17) is 4.74 Å². The monoisotopic (exact) mass is 356 g/mol. The van der Waals surface area contributed by atoms with Crippen molar-refractivity contribution in [2.75, 3.05) is 22.6 Å². The predicted molar refractivity (Wildman–Crippen MR) is 101 cm³/mol. The Morgan fingerprint density at radius 2 is 1.96 bits per heavy atom. The highest BCUT2D eigenvalue weighted by Crippen LogP contribution is 2.44. The molecule has 1 fully saturated rings. The van der Waals surface area contributed by atoms with Crippen molar-refractivity contribution in [1.82, 2.24) is 0 Å². The number of carbonyl (C=O) groups is 2. The molecular weight excluding hydrogens is 336 g/mol. The molecule has 0 unspecified atom stereocenters. The summed E-state index contributed by atoms with van der Waals surface area (Å²) in [6, 6.07) is 15.1. The van der Waals surface area contributed by atoms with Gasteiger partial charge in [0, 0.05) is 23.9 Å². The zero-order valence-electron chi connectivity index (χ0n) is 14.2. The van der Waals surface area contributed by atoms with Gasteiger partial charge < -0.3 is 10.1 Å². The summed E-state index contributed by atoms with van der Waals surface area (Å²) in [7, 11) is 0. The standard InChI is InChI=1S/C19H20N2O3S/c1-3-24-15-10-8-14(9-11-15)21-18(23)12-25-19(21)16-6-4-5-7-17(16)20-13(2)22/h4-11,19H,3,12H2,1-2H3,(H,20,22)/t19-/m1/s1. The molecule has 0 aliphatic carbocycles. The molecule has 1 aliphatic heterocycles. The molecule has 3 rings (SSSR count). The third-order valence-electron chi connectivity index (χ3n) is 3.83. The minimum absolute atomic E-state index is 0.0526. The summed E-state index contributed by atoms with van der Waals surface area (Å²) in [5.74, 6) is 1.11. The SMILES string of the molecule is CCOc1ccc(N2C(=O)CS[C@@H]2c2ccccc2NC(C)=O)cc1. The Morgan fingerprint density at radius 3 is 2.64 bits per heavy atom. The number of nitrogens with zero attached hydrogens (tertiary/aromatic N) is 1. The van der Waals surface area contributed by atoms with Gasteiger partial charge in [-0.3, -0.25) is 14.5 Å². The Balaban J connectivity index is 1.94. The third-order valence-corrected chi connectivity index (χ3v) is 5.03. The van der Waals surface area contributed by atoms with Gasteiger partial charge in [0.15, 0.2) is 0 Å². The summed E-state index contributed by atoms with van der Waals surface area (Å²) in [5, 5.41) is 2.68. The maximum absolute atomic E-state index is 12.5. The molecule has 2 amide bonds. The quantitative estimate of drug-likeness (QED) is 0.885. The topological polar surface area (TPSA) is 58.6 Å². The number of amides is 2. The average Bonchev–Trinajstić information content (AvgIpc) is 2.97. The summed E-state index contributed by atoms with van der Waals surface area (Å²) >= 11 is 1.56. The molecule has 2 aromatic carbocycles. The first-order chi connectivity index (χ1) is 12.1. The fourth-order valence-electron chi connectivity index (χ4n) is 2.82. The van der Waals surface area contributed by atoms with Crippen molar-refractivity contribution in [2.45, 2.75) is 19.2 Å². The van der Waals surface area contributed by atoms with Crippen LogP contribution in [0.2, 0.25) is 0 Å². The van der Waals surface area contributed by atoms with Crippen molar-refractivity contribution < 1.29 is 14.3 Å². The molecule has 2 aromatic rings. The van der Waals surface area contributed by atoms with Crippen LogP contribution in [-0.4, -0.2) is 24.2 Å². The maximum Gasteiger partial charge on any atom is 0.238 e. The molecule has 0 saturated carbocycles. The van der Waals surface area contributed by atoms with Crippen LogP contribution in [0.4, 0.5) is 11.4 Å². The Morgan fingerprint density at radius 1 is 1.24 bits per heavy atom. The number of rotatable bonds is 5. The summed E-state index contributed by atoms with van der Waals surface area (Å²) in [6.45, 7) is 4.02. The molecule has 1 aliphatic rings. The van der Waals surface area contributed by atoms with Gasteiger partial charge in [0.05, 0.1) is 12.4 Å². The van der Waals surface area contributed by atoms with Crippen molar-refractivity contribution in [2.24, 2.45) is 0 Å². The lowest BCUT2D eigenvalue weighted by atomic mass is 10.1. The smallest absolute Gasteiger partial charge is 0.238 e. The minimum Gasteiger partial charge on any atom is -0.494 e. The van der Waals surface area contributed by atoms with Gasteiger partial charge in [0.2, 0.25) is 11.8 Å². The predicted octanol–water partition coefficient (Wildman–Crippen LogP) is 3.82. The van der Waals surface area contributed by atoms with Gasteiger partial charge >= 0.3 is 0 Å². The molecule has 1 N–H and O–H groups in total.